The summed E-state index contributed by atoms with van der Waals surface area (Å²) in [5.41, 5.74) is 0.531. The van der Waals surface area contributed by atoms with Crippen molar-refractivity contribution in [3.8, 4) is 5.88 Å². The Morgan fingerprint density at radius 3 is 2.92 bits per heavy atom. The highest BCUT2D eigenvalue weighted by Gasteiger charge is 2.36. The van der Waals surface area contributed by atoms with Gasteiger partial charge >= 0.3 is 6.30 Å². The fourth-order valence-corrected chi connectivity index (χ4v) is 1.31. The summed E-state index contributed by atoms with van der Waals surface area (Å²) in [5.74, 6) is -0.154. The Labute approximate surface area is 72.1 Å². The molecule has 2 rings (SSSR count). The van der Waals surface area contributed by atoms with Crippen LogP contribution in [0, 0.1) is 0 Å². The number of aryl methyl sites for hydroxylation is 1. The Morgan fingerprint density at radius 1 is 1.46 bits per heavy atom. The van der Waals surface area contributed by atoms with Crippen molar-refractivity contribution < 1.29 is 17.9 Å². The molecule has 0 fully saturated rings. The van der Waals surface area contributed by atoms with Crippen LogP contribution in [0.1, 0.15) is 12.0 Å². The normalized spacial score (nSPS) is 16.5. The standard InChI is InChI=1S/C7H7F3N2O/c8-7(9,10)12-6-5(4-11-12)2-1-3-13-6/h4H,1-3H2. The zero-order valence-corrected chi connectivity index (χ0v) is 6.64. The van der Waals surface area contributed by atoms with Crippen LogP contribution in [0.15, 0.2) is 6.20 Å². The molecule has 0 saturated carbocycles. The Bertz CT molecular complexity index is 318. The summed E-state index contributed by atoms with van der Waals surface area (Å²) >= 11 is 0. The Kier molecular flexibility index (Phi) is 1.71. The van der Waals surface area contributed by atoms with Crippen molar-refractivity contribution in [2.75, 3.05) is 6.61 Å². The molecule has 3 nitrogen and oxygen atoms in total. The minimum absolute atomic E-state index is 0.0263. The van der Waals surface area contributed by atoms with E-state index >= 15 is 0 Å². The zero-order chi connectivity index (χ0) is 9.47. The van der Waals surface area contributed by atoms with Crippen molar-refractivity contribution >= 4 is 0 Å². The number of hydrogen-bond donors (Lipinski definition) is 0. The van der Waals surface area contributed by atoms with Crippen molar-refractivity contribution in [1.82, 2.24) is 9.78 Å². The van der Waals surface area contributed by atoms with Gasteiger partial charge in [-0.1, -0.05) is 0 Å². The number of nitrogens with zero attached hydrogens (tertiary/aromatic N) is 2. The molecule has 1 aliphatic rings. The fourth-order valence-electron chi connectivity index (χ4n) is 1.31. The molecular weight excluding hydrogens is 185 g/mol. The molecule has 0 aliphatic carbocycles. The Morgan fingerprint density at radius 2 is 2.23 bits per heavy atom. The lowest BCUT2D eigenvalue weighted by molar-refractivity contribution is -0.215. The van der Waals surface area contributed by atoms with Crippen LogP contribution in [-0.4, -0.2) is 16.4 Å². The topological polar surface area (TPSA) is 27.1 Å². The third-order valence-corrected chi connectivity index (χ3v) is 1.87. The maximum Gasteiger partial charge on any atom is 0.507 e. The molecule has 0 bridgehead atoms. The van der Waals surface area contributed by atoms with Crippen molar-refractivity contribution in [3.63, 3.8) is 0 Å². The number of rotatable bonds is 0. The van der Waals surface area contributed by atoms with Crippen LogP contribution in [0.5, 0.6) is 5.88 Å². The lowest BCUT2D eigenvalue weighted by Crippen LogP contribution is -2.21. The van der Waals surface area contributed by atoms with Crippen LogP contribution in [0.4, 0.5) is 13.2 Å². The SMILES string of the molecule is FC(F)(F)n1ncc2c1OCCC2. The van der Waals surface area contributed by atoms with Crippen molar-refractivity contribution in [2.45, 2.75) is 19.1 Å². The van der Waals surface area contributed by atoms with Gasteiger partial charge in [0.2, 0.25) is 5.88 Å². The maximum absolute atomic E-state index is 12.2. The first kappa shape index (κ1) is 8.40. The molecule has 0 unspecified atom stereocenters. The number of hydrogen-bond acceptors (Lipinski definition) is 2. The molecule has 0 saturated heterocycles. The molecule has 1 aromatic heterocycles. The maximum atomic E-state index is 12.2. The highest BCUT2D eigenvalue weighted by Crippen LogP contribution is 2.32. The molecule has 1 aromatic rings. The van der Waals surface area contributed by atoms with E-state index in [1.165, 1.54) is 6.20 Å². The third kappa shape index (κ3) is 1.36. The average molecular weight is 192 g/mol. The minimum atomic E-state index is -4.48. The van der Waals surface area contributed by atoms with Gasteiger partial charge in [0, 0.05) is 5.56 Å². The van der Waals surface area contributed by atoms with Gasteiger partial charge in [0.1, 0.15) is 0 Å². The van der Waals surface area contributed by atoms with Crippen LogP contribution in [-0.2, 0) is 12.7 Å². The van der Waals surface area contributed by atoms with Crippen LogP contribution in [0.2, 0.25) is 0 Å². The monoisotopic (exact) mass is 192 g/mol. The van der Waals surface area contributed by atoms with Crippen molar-refractivity contribution in [1.29, 1.82) is 0 Å². The first-order valence-electron chi connectivity index (χ1n) is 3.86. The van der Waals surface area contributed by atoms with Crippen molar-refractivity contribution in [3.05, 3.63) is 11.8 Å². The van der Waals surface area contributed by atoms with Gasteiger partial charge in [-0.2, -0.15) is 5.10 Å². The molecule has 0 atom stereocenters. The molecule has 0 amide bonds. The van der Waals surface area contributed by atoms with Gasteiger partial charge < -0.3 is 4.74 Å². The van der Waals surface area contributed by atoms with Crippen molar-refractivity contribution in [2.24, 2.45) is 0 Å². The van der Waals surface area contributed by atoms with E-state index in [-0.39, 0.29) is 10.6 Å². The molecule has 1 aliphatic heterocycles. The van der Waals surface area contributed by atoms with E-state index in [4.69, 9.17) is 4.74 Å². The number of ether oxygens (including phenoxy) is 1. The van der Waals surface area contributed by atoms with Crippen LogP contribution in [0.25, 0.3) is 0 Å². The highest BCUT2D eigenvalue weighted by atomic mass is 19.4. The second-order valence-corrected chi connectivity index (χ2v) is 2.81. The first-order valence-corrected chi connectivity index (χ1v) is 3.86. The second-order valence-electron chi connectivity index (χ2n) is 2.81. The largest absolute Gasteiger partial charge is 0.507 e. The van der Waals surface area contributed by atoms with Gasteiger partial charge in [-0.15, -0.1) is 17.9 Å². The summed E-state index contributed by atoms with van der Waals surface area (Å²) in [4.78, 5) is 0. The van der Waals surface area contributed by atoms with Gasteiger partial charge in [0.25, 0.3) is 0 Å². The summed E-state index contributed by atoms with van der Waals surface area (Å²) in [6.45, 7) is 0.328. The van der Waals surface area contributed by atoms with Gasteiger partial charge in [0.15, 0.2) is 0 Å². The molecule has 72 valence electrons. The molecule has 0 N–H and O–H groups in total. The molecular formula is C7H7F3N2O. The summed E-state index contributed by atoms with van der Waals surface area (Å²) in [6.07, 6.45) is -1.92. The van der Waals surface area contributed by atoms with Gasteiger partial charge in [-0.25, -0.2) is 0 Å². The van der Waals surface area contributed by atoms with Crippen LogP contribution in [0.3, 0.4) is 0 Å². The van der Waals surface area contributed by atoms with E-state index < -0.39 is 6.30 Å². The molecule has 2 heterocycles. The van der Waals surface area contributed by atoms with Crippen LogP contribution >= 0.6 is 0 Å². The fraction of sp³-hybridized carbons (Fsp3) is 0.571. The van der Waals surface area contributed by atoms with Gasteiger partial charge in [0.05, 0.1) is 12.8 Å². The molecule has 13 heavy (non-hydrogen) atoms. The highest BCUT2D eigenvalue weighted by molar-refractivity contribution is 5.26. The number of alkyl halides is 3. The lowest BCUT2D eigenvalue weighted by Gasteiger charge is -2.16. The van der Waals surface area contributed by atoms with Gasteiger partial charge in [-0.3, -0.25) is 0 Å². The lowest BCUT2D eigenvalue weighted by atomic mass is 10.2. The Hall–Kier alpha value is -1.20. The summed E-state index contributed by atoms with van der Waals surface area (Å²) < 4.78 is 41.6. The van der Waals surface area contributed by atoms with E-state index in [0.29, 0.717) is 18.6 Å². The van der Waals surface area contributed by atoms with E-state index in [0.717, 1.165) is 6.42 Å². The molecule has 0 radical (unpaired) electrons. The summed E-state index contributed by atoms with van der Waals surface area (Å²) in [5, 5.41) is 3.24. The molecule has 6 heteroatoms. The van der Waals surface area contributed by atoms with Crippen LogP contribution < -0.4 is 4.74 Å². The first-order chi connectivity index (χ1) is 6.09. The summed E-state index contributed by atoms with van der Waals surface area (Å²) in [6, 6.07) is 0. The predicted octanol–water partition coefficient (Wildman–Crippen LogP) is 1.68. The van der Waals surface area contributed by atoms with E-state index in [1.807, 2.05) is 0 Å². The average Bonchev–Trinajstić information content (AvgIpc) is 2.45. The van der Waals surface area contributed by atoms with E-state index in [9.17, 15) is 13.2 Å². The van der Waals surface area contributed by atoms with E-state index in [2.05, 4.69) is 5.10 Å². The Balaban J connectivity index is 2.43. The number of halogens is 3. The molecule has 0 spiro atoms. The van der Waals surface area contributed by atoms with Gasteiger partial charge in [-0.05, 0) is 12.8 Å². The predicted molar refractivity (Wildman–Crippen MR) is 37.3 cm³/mol. The second kappa shape index (κ2) is 2.65. The third-order valence-electron chi connectivity index (χ3n) is 1.87. The van der Waals surface area contributed by atoms with E-state index in [1.54, 1.807) is 0 Å². The quantitative estimate of drug-likeness (QED) is 0.625. The summed E-state index contributed by atoms with van der Waals surface area (Å²) in [7, 11) is 0. The zero-order valence-electron chi connectivity index (χ0n) is 6.64. The minimum Gasteiger partial charge on any atom is -0.477 e. The molecule has 0 aromatic carbocycles. The number of fused-ring (bicyclic) bond motifs is 1. The number of aromatic nitrogens is 2. The smallest absolute Gasteiger partial charge is 0.477 e.